The number of alkyl halides is 1. The highest BCUT2D eigenvalue weighted by Crippen LogP contribution is 2.27. The van der Waals surface area contributed by atoms with Crippen molar-refractivity contribution in [3.63, 3.8) is 0 Å². The van der Waals surface area contributed by atoms with Crippen molar-refractivity contribution in [1.29, 1.82) is 0 Å². The number of rotatable bonds is 8. The molecule has 0 saturated carbocycles. The Morgan fingerprint density at radius 1 is 1.28 bits per heavy atom. The fourth-order valence-electron chi connectivity index (χ4n) is 4.39. The largest absolute Gasteiger partial charge is 0.342 e. The van der Waals surface area contributed by atoms with Gasteiger partial charge in [-0.05, 0) is 23.1 Å². The van der Waals surface area contributed by atoms with Crippen LogP contribution >= 0.6 is 0 Å². The van der Waals surface area contributed by atoms with Crippen LogP contribution in [0.4, 0.5) is 8.78 Å². The average molecular weight is 498 g/mol. The van der Waals surface area contributed by atoms with Gasteiger partial charge >= 0.3 is 0 Å². The number of aromatic nitrogens is 4. The molecule has 9 nitrogen and oxygen atoms in total. The van der Waals surface area contributed by atoms with Gasteiger partial charge in [0.1, 0.15) is 12.2 Å². The summed E-state index contributed by atoms with van der Waals surface area (Å²) in [5.74, 6) is -1.67. The number of benzene rings is 1. The van der Waals surface area contributed by atoms with Crippen molar-refractivity contribution < 1.29 is 18.4 Å². The number of likely N-dealkylation sites (tertiary alicyclic amines) is 1. The minimum atomic E-state index is -1.35. The average Bonchev–Trinajstić information content (AvgIpc) is 3.51. The number of aromatic amines is 1. The van der Waals surface area contributed by atoms with Gasteiger partial charge in [-0.3, -0.25) is 9.59 Å². The van der Waals surface area contributed by atoms with Crippen molar-refractivity contribution >= 4 is 11.8 Å². The molecule has 2 unspecified atom stereocenters. The standard InChI is InChI=1S/C25H29F2N7O2/c1-14(2)19-6-7-20(30-24(19)27)23(16-5-3-4-15(8-16)11-28)31-25(36)21-9-17(26)13-34(21)22(35)10-18-12-29-33-32-18/h3-8,12,14,17,21,23H,9-11,13,28H2,1-2H3,(H,31,36)(H,29,32,33)/t17?,21?,23-/m0/s1. The molecule has 0 spiro atoms. The van der Waals surface area contributed by atoms with Gasteiger partial charge in [0.05, 0.1) is 36.6 Å². The molecular weight excluding hydrogens is 468 g/mol. The smallest absolute Gasteiger partial charge is 0.243 e. The molecule has 11 heteroatoms. The first kappa shape index (κ1) is 25.4. The second kappa shape index (κ2) is 10.9. The van der Waals surface area contributed by atoms with Gasteiger partial charge in [0, 0.05) is 18.5 Å². The minimum Gasteiger partial charge on any atom is -0.342 e. The number of amides is 2. The van der Waals surface area contributed by atoms with Crippen molar-refractivity contribution in [2.75, 3.05) is 6.54 Å². The predicted molar refractivity (Wildman–Crippen MR) is 128 cm³/mol. The Balaban J connectivity index is 1.62. The zero-order valence-corrected chi connectivity index (χ0v) is 20.1. The molecule has 190 valence electrons. The molecule has 1 saturated heterocycles. The van der Waals surface area contributed by atoms with E-state index >= 15 is 0 Å². The molecule has 4 N–H and O–H groups in total. The number of pyridine rings is 1. The maximum atomic E-state index is 14.8. The van der Waals surface area contributed by atoms with Crippen LogP contribution in [0, 0.1) is 5.95 Å². The zero-order chi connectivity index (χ0) is 25.8. The summed E-state index contributed by atoms with van der Waals surface area (Å²) in [5, 5.41) is 12.8. The van der Waals surface area contributed by atoms with Gasteiger partial charge in [0.25, 0.3) is 0 Å². The van der Waals surface area contributed by atoms with E-state index in [1.165, 1.54) is 11.1 Å². The van der Waals surface area contributed by atoms with Gasteiger partial charge < -0.3 is 16.0 Å². The quantitative estimate of drug-likeness (QED) is 0.410. The van der Waals surface area contributed by atoms with E-state index in [4.69, 9.17) is 5.73 Å². The maximum Gasteiger partial charge on any atom is 0.243 e. The van der Waals surface area contributed by atoms with Crippen LogP contribution in [0.3, 0.4) is 0 Å². The van der Waals surface area contributed by atoms with Crippen LogP contribution in [0.2, 0.25) is 0 Å². The fraction of sp³-hybridized carbons (Fsp3) is 0.400. The highest BCUT2D eigenvalue weighted by Gasteiger charge is 2.40. The lowest BCUT2D eigenvalue weighted by atomic mass is 9.98. The molecule has 1 fully saturated rings. The molecule has 3 atom stereocenters. The lowest BCUT2D eigenvalue weighted by Crippen LogP contribution is -2.47. The highest BCUT2D eigenvalue weighted by molar-refractivity contribution is 5.89. The Kier molecular flexibility index (Phi) is 7.68. The Labute approximate surface area is 207 Å². The highest BCUT2D eigenvalue weighted by atomic mass is 19.1. The normalized spacial score (nSPS) is 18.4. The van der Waals surface area contributed by atoms with Gasteiger partial charge in [0.2, 0.25) is 17.8 Å². The Hall–Kier alpha value is -3.73. The van der Waals surface area contributed by atoms with E-state index in [0.717, 1.165) is 5.56 Å². The third-order valence-corrected chi connectivity index (χ3v) is 6.29. The van der Waals surface area contributed by atoms with Crippen molar-refractivity contribution in [2.45, 2.75) is 57.4 Å². The van der Waals surface area contributed by atoms with Crippen LogP contribution in [0.5, 0.6) is 0 Å². The van der Waals surface area contributed by atoms with E-state index < -0.39 is 36.0 Å². The summed E-state index contributed by atoms with van der Waals surface area (Å²) in [6.45, 7) is 3.81. The van der Waals surface area contributed by atoms with Crippen LogP contribution in [0.25, 0.3) is 0 Å². The summed E-state index contributed by atoms with van der Waals surface area (Å²) >= 11 is 0. The van der Waals surface area contributed by atoms with Crippen LogP contribution < -0.4 is 11.1 Å². The molecule has 36 heavy (non-hydrogen) atoms. The Morgan fingerprint density at radius 2 is 2.08 bits per heavy atom. The molecule has 0 aliphatic carbocycles. The Morgan fingerprint density at radius 3 is 2.75 bits per heavy atom. The first-order valence-electron chi connectivity index (χ1n) is 11.8. The third-order valence-electron chi connectivity index (χ3n) is 6.29. The minimum absolute atomic E-state index is 0.0653. The van der Waals surface area contributed by atoms with Crippen molar-refractivity contribution in [1.82, 2.24) is 30.6 Å². The first-order chi connectivity index (χ1) is 17.3. The molecule has 2 aromatic heterocycles. The summed E-state index contributed by atoms with van der Waals surface area (Å²) in [6.07, 6.45) is -0.197. The predicted octanol–water partition coefficient (Wildman–Crippen LogP) is 2.31. The number of carbonyl (C=O) groups excluding carboxylic acids is 2. The maximum absolute atomic E-state index is 14.8. The molecule has 1 aromatic carbocycles. The topological polar surface area (TPSA) is 130 Å². The molecule has 4 rings (SSSR count). The van der Waals surface area contributed by atoms with E-state index in [-0.39, 0.29) is 37.5 Å². The fourth-order valence-corrected chi connectivity index (χ4v) is 4.39. The third kappa shape index (κ3) is 5.56. The van der Waals surface area contributed by atoms with E-state index in [1.807, 2.05) is 19.9 Å². The lowest BCUT2D eigenvalue weighted by molar-refractivity contribution is -0.138. The summed E-state index contributed by atoms with van der Waals surface area (Å²) in [6, 6.07) is 8.67. The molecule has 2 amide bonds. The Bertz CT molecular complexity index is 1220. The summed E-state index contributed by atoms with van der Waals surface area (Å²) in [7, 11) is 0. The summed E-state index contributed by atoms with van der Waals surface area (Å²) in [4.78, 5) is 31.6. The number of nitrogens with zero attached hydrogens (tertiary/aromatic N) is 4. The van der Waals surface area contributed by atoms with E-state index in [0.29, 0.717) is 16.8 Å². The van der Waals surface area contributed by atoms with E-state index in [1.54, 1.807) is 30.3 Å². The molecule has 0 bridgehead atoms. The molecular formula is C25H29F2N7O2. The first-order valence-corrected chi connectivity index (χ1v) is 11.8. The number of hydrogen-bond acceptors (Lipinski definition) is 6. The second-order valence-corrected chi connectivity index (χ2v) is 9.19. The van der Waals surface area contributed by atoms with Crippen molar-refractivity contribution in [3.05, 3.63) is 76.6 Å². The SMILES string of the molecule is CC(C)c1ccc([C@@H](NC(=O)C2CC(F)CN2C(=O)Cc2cn[nH]n2)c2cccc(CN)c2)nc1F. The van der Waals surface area contributed by atoms with Gasteiger partial charge in [-0.25, -0.2) is 9.37 Å². The molecule has 3 aromatic rings. The summed E-state index contributed by atoms with van der Waals surface area (Å²) in [5.41, 5.74) is 8.40. The number of nitrogens with two attached hydrogens (primary N) is 1. The van der Waals surface area contributed by atoms with Crippen LogP contribution in [0.1, 0.15) is 60.3 Å². The van der Waals surface area contributed by atoms with Gasteiger partial charge in [-0.15, -0.1) is 0 Å². The summed E-state index contributed by atoms with van der Waals surface area (Å²) < 4.78 is 29.2. The zero-order valence-electron chi connectivity index (χ0n) is 20.1. The van der Waals surface area contributed by atoms with Gasteiger partial charge in [-0.2, -0.15) is 19.8 Å². The van der Waals surface area contributed by atoms with Gasteiger partial charge in [-0.1, -0.05) is 44.2 Å². The number of hydrogen-bond donors (Lipinski definition) is 3. The van der Waals surface area contributed by atoms with Crippen LogP contribution in [0.15, 0.2) is 42.6 Å². The van der Waals surface area contributed by atoms with Crippen LogP contribution in [-0.2, 0) is 22.6 Å². The number of H-pyrrole nitrogens is 1. The van der Waals surface area contributed by atoms with E-state index in [9.17, 15) is 18.4 Å². The lowest BCUT2D eigenvalue weighted by Gasteiger charge is -2.27. The second-order valence-electron chi connectivity index (χ2n) is 9.19. The number of halogens is 2. The van der Waals surface area contributed by atoms with Crippen LogP contribution in [-0.4, -0.2) is 55.9 Å². The van der Waals surface area contributed by atoms with Gasteiger partial charge in [0.15, 0.2) is 0 Å². The monoisotopic (exact) mass is 497 g/mol. The number of carbonyl (C=O) groups is 2. The van der Waals surface area contributed by atoms with E-state index in [2.05, 4.69) is 25.7 Å². The number of nitrogens with one attached hydrogen (secondary N) is 2. The molecule has 1 aliphatic heterocycles. The molecule has 3 heterocycles. The van der Waals surface area contributed by atoms with Crippen molar-refractivity contribution in [3.8, 4) is 0 Å². The molecule has 1 aliphatic rings. The van der Waals surface area contributed by atoms with Crippen molar-refractivity contribution in [2.24, 2.45) is 5.73 Å². The molecule has 0 radical (unpaired) electrons.